The van der Waals surface area contributed by atoms with Crippen molar-refractivity contribution in [3.05, 3.63) is 35.4 Å². The Hall–Kier alpha value is -1.03. The van der Waals surface area contributed by atoms with E-state index in [4.69, 9.17) is 0 Å². The topological polar surface area (TPSA) is 12.0 Å². The average molecular weight is 299 g/mol. The highest BCUT2D eigenvalue weighted by Gasteiger charge is 2.45. The van der Waals surface area contributed by atoms with Gasteiger partial charge in [-0.25, -0.2) is 0 Å². The van der Waals surface area contributed by atoms with Crippen molar-refractivity contribution in [1.29, 1.82) is 0 Å². The second-order valence-electron chi connectivity index (χ2n) is 6.22. The SMILES string of the molecule is CCCNCC1(c2cccc(C(F)(F)F)c2)CC(CC)C1. The number of hydrogen-bond acceptors (Lipinski definition) is 1. The number of nitrogens with one attached hydrogen (secondary N) is 1. The lowest BCUT2D eigenvalue weighted by molar-refractivity contribution is -0.137. The van der Waals surface area contributed by atoms with Crippen LogP contribution < -0.4 is 5.32 Å². The van der Waals surface area contributed by atoms with Crippen molar-refractivity contribution < 1.29 is 13.2 Å². The van der Waals surface area contributed by atoms with E-state index in [1.54, 1.807) is 6.07 Å². The van der Waals surface area contributed by atoms with E-state index in [9.17, 15) is 13.2 Å². The highest BCUT2D eigenvalue weighted by molar-refractivity contribution is 5.34. The lowest BCUT2D eigenvalue weighted by atomic mass is 9.57. The Bertz CT molecular complexity index is 461. The minimum Gasteiger partial charge on any atom is -0.316 e. The van der Waals surface area contributed by atoms with Crippen molar-refractivity contribution in [3.8, 4) is 0 Å². The quantitative estimate of drug-likeness (QED) is 0.747. The third-order valence-electron chi connectivity index (χ3n) is 4.63. The van der Waals surface area contributed by atoms with Crippen LogP contribution in [-0.4, -0.2) is 13.1 Å². The summed E-state index contributed by atoms with van der Waals surface area (Å²) in [5.74, 6) is 0.642. The fraction of sp³-hybridized carbons (Fsp3) is 0.647. The van der Waals surface area contributed by atoms with E-state index in [1.165, 1.54) is 6.07 Å². The summed E-state index contributed by atoms with van der Waals surface area (Å²) in [5.41, 5.74) is 0.192. The summed E-state index contributed by atoms with van der Waals surface area (Å²) < 4.78 is 38.7. The van der Waals surface area contributed by atoms with Gasteiger partial charge in [0, 0.05) is 12.0 Å². The van der Waals surface area contributed by atoms with Gasteiger partial charge in [0.25, 0.3) is 0 Å². The van der Waals surface area contributed by atoms with Gasteiger partial charge in [-0.2, -0.15) is 13.2 Å². The van der Waals surface area contributed by atoms with Crippen molar-refractivity contribution in [1.82, 2.24) is 5.32 Å². The van der Waals surface area contributed by atoms with Crippen LogP contribution in [0.25, 0.3) is 0 Å². The van der Waals surface area contributed by atoms with Crippen LogP contribution >= 0.6 is 0 Å². The monoisotopic (exact) mass is 299 g/mol. The van der Waals surface area contributed by atoms with Gasteiger partial charge in [-0.1, -0.05) is 38.5 Å². The van der Waals surface area contributed by atoms with E-state index < -0.39 is 11.7 Å². The Kier molecular flexibility index (Phi) is 4.97. The first kappa shape index (κ1) is 16.3. The summed E-state index contributed by atoms with van der Waals surface area (Å²) >= 11 is 0. The summed E-state index contributed by atoms with van der Waals surface area (Å²) in [6.07, 6.45) is -0.143. The first-order valence-corrected chi connectivity index (χ1v) is 7.80. The molecular formula is C17H24F3N. The van der Waals surface area contributed by atoms with Crippen LogP contribution in [0.2, 0.25) is 0 Å². The van der Waals surface area contributed by atoms with E-state index in [0.717, 1.165) is 50.4 Å². The molecule has 0 spiro atoms. The molecule has 0 amide bonds. The summed E-state index contributed by atoms with van der Waals surface area (Å²) in [5, 5.41) is 3.40. The van der Waals surface area contributed by atoms with Gasteiger partial charge in [-0.3, -0.25) is 0 Å². The maximum atomic E-state index is 12.9. The van der Waals surface area contributed by atoms with E-state index >= 15 is 0 Å². The molecule has 0 unspecified atom stereocenters. The van der Waals surface area contributed by atoms with Gasteiger partial charge >= 0.3 is 6.18 Å². The standard InChI is InChI=1S/C17H24F3N/c1-3-8-21-12-16(10-13(4-2)11-16)14-6-5-7-15(9-14)17(18,19)20/h5-7,9,13,21H,3-4,8,10-12H2,1-2H3. The highest BCUT2D eigenvalue weighted by Crippen LogP contribution is 2.49. The molecule has 1 N–H and O–H groups in total. The molecule has 4 heteroatoms. The summed E-state index contributed by atoms with van der Waals surface area (Å²) in [4.78, 5) is 0. The maximum Gasteiger partial charge on any atom is 0.416 e. The third kappa shape index (κ3) is 3.60. The number of alkyl halides is 3. The molecule has 2 rings (SSSR count). The van der Waals surface area contributed by atoms with Crippen molar-refractivity contribution in [2.75, 3.05) is 13.1 Å². The molecule has 1 aliphatic carbocycles. The minimum atomic E-state index is -4.26. The fourth-order valence-electron chi connectivity index (χ4n) is 3.35. The number of rotatable bonds is 6. The predicted molar refractivity (Wildman–Crippen MR) is 79.3 cm³/mol. The van der Waals surface area contributed by atoms with E-state index in [1.807, 2.05) is 6.07 Å². The number of hydrogen-bond donors (Lipinski definition) is 1. The molecule has 118 valence electrons. The van der Waals surface area contributed by atoms with Crippen LogP contribution in [-0.2, 0) is 11.6 Å². The minimum absolute atomic E-state index is 0.114. The molecule has 0 aromatic heterocycles. The van der Waals surface area contributed by atoms with E-state index in [2.05, 4.69) is 19.2 Å². The molecule has 1 nitrogen and oxygen atoms in total. The van der Waals surface area contributed by atoms with Crippen LogP contribution in [0.1, 0.15) is 50.7 Å². The van der Waals surface area contributed by atoms with Gasteiger partial charge in [-0.05, 0) is 43.4 Å². The zero-order valence-corrected chi connectivity index (χ0v) is 12.8. The van der Waals surface area contributed by atoms with E-state index in [-0.39, 0.29) is 5.41 Å². The summed E-state index contributed by atoms with van der Waals surface area (Å²) in [6.45, 7) is 5.94. The second kappa shape index (κ2) is 6.39. The molecular weight excluding hydrogens is 275 g/mol. The van der Waals surface area contributed by atoms with Gasteiger partial charge < -0.3 is 5.32 Å². The molecule has 1 aliphatic rings. The Labute approximate surface area is 124 Å². The largest absolute Gasteiger partial charge is 0.416 e. The summed E-state index contributed by atoms with van der Waals surface area (Å²) in [7, 11) is 0. The molecule has 1 saturated carbocycles. The Balaban J connectivity index is 2.21. The average Bonchev–Trinajstić information content (AvgIpc) is 2.41. The van der Waals surface area contributed by atoms with Crippen LogP contribution in [0.3, 0.4) is 0 Å². The van der Waals surface area contributed by atoms with Crippen LogP contribution in [0, 0.1) is 5.92 Å². The molecule has 1 fully saturated rings. The Morgan fingerprint density at radius 3 is 2.52 bits per heavy atom. The molecule has 0 heterocycles. The normalized spacial score (nSPS) is 25.7. The van der Waals surface area contributed by atoms with Gasteiger partial charge in [0.1, 0.15) is 0 Å². The maximum absolute atomic E-state index is 12.9. The molecule has 0 bridgehead atoms. The van der Waals surface area contributed by atoms with Gasteiger partial charge in [-0.15, -0.1) is 0 Å². The molecule has 1 aromatic carbocycles. The van der Waals surface area contributed by atoms with Gasteiger partial charge in [0.05, 0.1) is 5.56 Å². The lowest BCUT2D eigenvalue weighted by Gasteiger charge is -2.48. The predicted octanol–water partition coefficient (Wildman–Crippen LogP) is 4.76. The van der Waals surface area contributed by atoms with Crippen molar-refractivity contribution in [2.45, 2.75) is 51.1 Å². The summed E-state index contributed by atoms with van der Waals surface area (Å²) in [6, 6.07) is 5.90. The van der Waals surface area contributed by atoms with E-state index in [0.29, 0.717) is 5.92 Å². The highest BCUT2D eigenvalue weighted by atomic mass is 19.4. The molecule has 21 heavy (non-hydrogen) atoms. The Morgan fingerprint density at radius 2 is 1.95 bits per heavy atom. The Morgan fingerprint density at radius 1 is 1.24 bits per heavy atom. The van der Waals surface area contributed by atoms with Crippen LogP contribution in [0.5, 0.6) is 0 Å². The first-order valence-electron chi connectivity index (χ1n) is 7.80. The smallest absolute Gasteiger partial charge is 0.316 e. The van der Waals surface area contributed by atoms with Crippen molar-refractivity contribution >= 4 is 0 Å². The lowest BCUT2D eigenvalue weighted by Crippen LogP contribution is -2.48. The first-order chi connectivity index (χ1) is 9.91. The molecule has 0 radical (unpaired) electrons. The van der Waals surface area contributed by atoms with Crippen molar-refractivity contribution in [2.24, 2.45) is 5.92 Å². The number of halogens is 3. The van der Waals surface area contributed by atoms with Crippen molar-refractivity contribution in [3.63, 3.8) is 0 Å². The van der Waals surface area contributed by atoms with Crippen LogP contribution in [0.4, 0.5) is 13.2 Å². The molecule has 0 atom stereocenters. The second-order valence-corrected chi connectivity index (χ2v) is 6.22. The number of benzene rings is 1. The zero-order chi connectivity index (χ0) is 15.5. The molecule has 1 aromatic rings. The molecule has 0 saturated heterocycles. The van der Waals surface area contributed by atoms with Gasteiger partial charge in [0.2, 0.25) is 0 Å². The fourth-order valence-corrected chi connectivity index (χ4v) is 3.35. The van der Waals surface area contributed by atoms with Crippen LogP contribution in [0.15, 0.2) is 24.3 Å². The van der Waals surface area contributed by atoms with Gasteiger partial charge in [0.15, 0.2) is 0 Å². The molecule has 0 aliphatic heterocycles. The third-order valence-corrected chi connectivity index (χ3v) is 4.63. The zero-order valence-electron chi connectivity index (χ0n) is 12.8.